The molecule has 1 N–H and O–H groups in total. The van der Waals surface area contributed by atoms with Gasteiger partial charge in [-0.25, -0.2) is 8.42 Å². The molecule has 0 amide bonds. The Morgan fingerprint density at radius 2 is 2.06 bits per heavy atom. The molecule has 0 bridgehead atoms. The first kappa shape index (κ1) is 13.9. The van der Waals surface area contributed by atoms with Gasteiger partial charge in [-0.2, -0.15) is 0 Å². The van der Waals surface area contributed by atoms with E-state index >= 15 is 0 Å². The van der Waals surface area contributed by atoms with Crippen LogP contribution in [0.1, 0.15) is 19.5 Å². The Labute approximate surface area is 101 Å². The Kier molecular flexibility index (Phi) is 3.78. The zero-order valence-corrected chi connectivity index (χ0v) is 11.2. The van der Waals surface area contributed by atoms with Gasteiger partial charge in [0, 0.05) is 12.3 Å². The summed E-state index contributed by atoms with van der Waals surface area (Å²) in [6.07, 6.45) is 2.56. The largest absolute Gasteiger partial charge is 0.489 e. The molecule has 0 aliphatic heterocycles. The Morgan fingerprint density at radius 3 is 2.53 bits per heavy atom. The van der Waals surface area contributed by atoms with Crippen molar-refractivity contribution in [1.82, 2.24) is 4.98 Å². The molecule has 0 aromatic carbocycles. The molecule has 0 radical (unpaired) electrons. The minimum absolute atomic E-state index is 0.0704. The third-order valence-electron chi connectivity index (χ3n) is 2.01. The van der Waals surface area contributed by atoms with Gasteiger partial charge in [-0.05, 0) is 20.8 Å². The minimum Gasteiger partial charge on any atom is -0.489 e. The first-order valence-corrected chi connectivity index (χ1v) is 7.00. The van der Waals surface area contributed by atoms with Gasteiger partial charge < -0.3 is 9.84 Å². The zero-order valence-electron chi connectivity index (χ0n) is 10.4. The van der Waals surface area contributed by atoms with Crippen LogP contribution in [0.3, 0.4) is 0 Å². The van der Waals surface area contributed by atoms with Crippen LogP contribution in [0.25, 0.3) is 0 Å². The average Bonchev–Trinajstić information content (AvgIpc) is 2.13. The number of sulfone groups is 1. The number of pyridine rings is 1. The van der Waals surface area contributed by atoms with Gasteiger partial charge in [0.05, 0.1) is 22.4 Å². The molecule has 0 aliphatic rings. The zero-order chi connectivity index (χ0) is 13.3. The van der Waals surface area contributed by atoms with E-state index in [1.54, 1.807) is 20.8 Å². The maximum Gasteiger partial charge on any atom is 0.177 e. The molecule has 0 saturated carbocycles. The topological polar surface area (TPSA) is 76.5 Å². The number of rotatable bonds is 4. The molecule has 96 valence electrons. The SMILES string of the molecule is Cc1ncc(OCC(C)(C)O)cc1S(C)(=O)=O. The Morgan fingerprint density at radius 1 is 1.47 bits per heavy atom. The highest BCUT2D eigenvalue weighted by Gasteiger charge is 2.16. The molecule has 17 heavy (non-hydrogen) atoms. The second-order valence-corrected chi connectivity index (χ2v) is 6.61. The van der Waals surface area contributed by atoms with Gasteiger partial charge in [0.1, 0.15) is 12.4 Å². The van der Waals surface area contributed by atoms with E-state index < -0.39 is 15.4 Å². The van der Waals surface area contributed by atoms with Crippen molar-refractivity contribution in [1.29, 1.82) is 0 Å². The molecule has 0 spiro atoms. The highest BCUT2D eigenvalue weighted by molar-refractivity contribution is 7.90. The summed E-state index contributed by atoms with van der Waals surface area (Å²) in [5, 5.41) is 9.50. The van der Waals surface area contributed by atoms with Crippen LogP contribution in [-0.4, -0.2) is 37.0 Å². The van der Waals surface area contributed by atoms with Crippen molar-refractivity contribution in [2.45, 2.75) is 31.3 Å². The van der Waals surface area contributed by atoms with Crippen LogP contribution in [0.2, 0.25) is 0 Å². The second kappa shape index (κ2) is 4.62. The Hall–Kier alpha value is -1.14. The van der Waals surface area contributed by atoms with Crippen LogP contribution in [0, 0.1) is 6.92 Å². The average molecular weight is 259 g/mol. The fourth-order valence-electron chi connectivity index (χ4n) is 1.21. The molecule has 1 rings (SSSR count). The summed E-state index contributed by atoms with van der Waals surface area (Å²) in [4.78, 5) is 4.10. The van der Waals surface area contributed by atoms with Crippen LogP contribution < -0.4 is 4.74 Å². The monoisotopic (exact) mass is 259 g/mol. The molecular weight excluding hydrogens is 242 g/mol. The van der Waals surface area contributed by atoms with Crippen LogP contribution >= 0.6 is 0 Å². The first-order chi connectivity index (χ1) is 7.59. The number of ether oxygens (including phenoxy) is 1. The summed E-state index contributed by atoms with van der Waals surface area (Å²) in [7, 11) is -3.31. The Balaban J connectivity index is 2.98. The van der Waals surface area contributed by atoms with Crippen molar-refractivity contribution in [2.75, 3.05) is 12.9 Å². The van der Waals surface area contributed by atoms with Crippen LogP contribution in [0.4, 0.5) is 0 Å². The number of hydrogen-bond donors (Lipinski definition) is 1. The summed E-state index contributed by atoms with van der Waals surface area (Å²) in [5.74, 6) is 0.332. The maximum absolute atomic E-state index is 11.5. The van der Waals surface area contributed by atoms with E-state index in [0.717, 1.165) is 6.26 Å². The number of aliphatic hydroxyl groups is 1. The third kappa shape index (κ3) is 4.32. The molecule has 6 heteroatoms. The predicted molar refractivity (Wildman–Crippen MR) is 63.9 cm³/mol. The van der Waals surface area contributed by atoms with Gasteiger partial charge in [0.2, 0.25) is 0 Å². The molecule has 0 saturated heterocycles. The van der Waals surface area contributed by atoms with E-state index in [9.17, 15) is 13.5 Å². The smallest absolute Gasteiger partial charge is 0.177 e. The van der Waals surface area contributed by atoms with Crippen molar-refractivity contribution in [2.24, 2.45) is 0 Å². The van der Waals surface area contributed by atoms with E-state index in [0.29, 0.717) is 11.4 Å². The van der Waals surface area contributed by atoms with Gasteiger partial charge in [-0.3, -0.25) is 4.98 Å². The molecule has 0 atom stereocenters. The summed E-state index contributed by atoms with van der Waals surface area (Å²) < 4.78 is 28.2. The molecular formula is C11H17NO4S. The molecule has 0 unspecified atom stereocenters. The summed E-state index contributed by atoms with van der Waals surface area (Å²) in [6, 6.07) is 1.42. The molecule has 0 fully saturated rings. The normalized spacial score (nSPS) is 12.5. The second-order valence-electron chi connectivity index (χ2n) is 4.63. The molecule has 1 heterocycles. The molecule has 5 nitrogen and oxygen atoms in total. The number of aryl methyl sites for hydroxylation is 1. The van der Waals surface area contributed by atoms with Crippen LogP contribution in [0.5, 0.6) is 5.75 Å². The van der Waals surface area contributed by atoms with E-state index in [4.69, 9.17) is 4.74 Å². The van der Waals surface area contributed by atoms with E-state index in [2.05, 4.69) is 4.98 Å². The quantitative estimate of drug-likeness (QED) is 0.871. The lowest BCUT2D eigenvalue weighted by Crippen LogP contribution is -2.28. The van der Waals surface area contributed by atoms with Crippen LogP contribution in [0.15, 0.2) is 17.2 Å². The predicted octanol–water partition coefficient (Wildman–Crippen LogP) is 0.943. The fourth-order valence-corrected chi connectivity index (χ4v) is 2.13. The van der Waals surface area contributed by atoms with Gasteiger partial charge in [-0.1, -0.05) is 0 Å². The minimum atomic E-state index is -3.31. The van der Waals surface area contributed by atoms with E-state index in [1.807, 2.05) is 0 Å². The van der Waals surface area contributed by atoms with Crippen molar-refractivity contribution in [3.05, 3.63) is 18.0 Å². The van der Waals surface area contributed by atoms with Gasteiger partial charge in [-0.15, -0.1) is 0 Å². The maximum atomic E-state index is 11.5. The molecule has 1 aromatic heterocycles. The number of hydrogen-bond acceptors (Lipinski definition) is 5. The van der Waals surface area contributed by atoms with Gasteiger partial charge >= 0.3 is 0 Å². The third-order valence-corrected chi connectivity index (χ3v) is 3.22. The molecule has 0 aliphatic carbocycles. The Bertz CT molecular complexity index is 503. The first-order valence-electron chi connectivity index (χ1n) is 5.11. The van der Waals surface area contributed by atoms with Crippen molar-refractivity contribution < 1.29 is 18.3 Å². The van der Waals surface area contributed by atoms with Gasteiger partial charge in [0.25, 0.3) is 0 Å². The summed E-state index contributed by atoms with van der Waals surface area (Å²) in [6.45, 7) is 4.90. The van der Waals surface area contributed by atoms with Crippen molar-refractivity contribution in [3.8, 4) is 5.75 Å². The van der Waals surface area contributed by atoms with Crippen LogP contribution in [-0.2, 0) is 9.84 Å². The highest BCUT2D eigenvalue weighted by atomic mass is 32.2. The highest BCUT2D eigenvalue weighted by Crippen LogP contribution is 2.20. The van der Waals surface area contributed by atoms with Crippen molar-refractivity contribution in [3.63, 3.8) is 0 Å². The van der Waals surface area contributed by atoms with Gasteiger partial charge in [0.15, 0.2) is 9.84 Å². The number of nitrogens with zero attached hydrogens (tertiary/aromatic N) is 1. The standard InChI is InChI=1S/C11H17NO4S/c1-8-10(17(4,14)15)5-9(6-12-8)16-7-11(2,3)13/h5-6,13H,7H2,1-4H3. The van der Waals surface area contributed by atoms with E-state index in [-0.39, 0.29) is 11.5 Å². The summed E-state index contributed by atoms with van der Waals surface area (Å²) >= 11 is 0. The van der Waals surface area contributed by atoms with E-state index in [1.165, 1.54) is 12.3 Å². The number of aromatic nitrogens is 1. The summed E-state index contributed by atoms with van der Waals surface area (Å²) in [5.41, 5.74) is -0.543. The lowest BCUT2D eigenvalue weighted by molar-refractivity contribution is 0.0283. The molecule has 1 aromatic rings. The lowest BCUT2D eigenvalue weighted by atomic mass is 10.2. The van der Waals surface area contributed by atoms with Crippen molar-refractivity contribution >= 4 is 9.84 Å². The fraction of sp³-hybridized carbons (Fsp3) is 0.545. The lowest BCUT2D eigenvalue weighted by Gasteiger charge is -2.18.